The number of carbonyl (C=O) groups excluding carboxylic acids is 1. The highest BCUT2D eigenvalue weighted by Gasteiger charge is 2.12. The molecule has 0 bridgehead atoms. The van der Waals surface area contributed by atoms with Crippen LogP contribution in [0.4, 0.5) is 0 Å². The average molecular weight is 427 g/mol. The standard InChI is InChI=1S/C23H26N2O4S/c1-25(16-18-6-9-21-15-22(29-2)11-10-20(21)14-18)23(26)19-7-4-17(5-8-19)12-13-24-30(3,27)28/h4-11,14-15,24H,12-13,16H2,1-3H3. The molecule has 3 rings (SSSR count). The molecule has 0 aliphatic heterocycles. The van der Waals surface area contributed by atoms with Gasteiger partial charge in [0.25, 0.3) is 5.91 Å². The Kier molecular flexibility index (Phi) is 6.74. The summed E-state index contributed by atoms with van der Waals surface area (Å²) in [6.07, 6.45) is 1.70. The van der Waals surface area contributed by atoms with E-state index in [1.54, 1.807) is 31.2 Å². The van der Waals surface area contributed by atoms with Crippen LogP contribution in [-0.2, 0) is 23.0 Å². The first-order valence-electron chi connectivity index (χ1n) is 9.61. The Morgan fingerprint density at radius 3 is 2.27 bits per heavy atom. The van der Waals surface area contributed by atoms with Gasteiger partial charge in [-0.3, -0.25) is 4.79 Å². The molecular weight excluding hydrogens is 400 g/mol. The van der Waals surface area contributed by atoms with Crippen LogP contribution in [0.1, 0.15) is 21.5 Å². The lowest BCUT2D eigenvalue weighted by molar-refractivity contribution is 0.0785. The third kappa shape index (κ3) is 5.81. The van der Waals surface area contributed by atoms with Crippen molar-refractivity contribution in [1.29, 1.82) is 0 Å². The lowest BCUT2D eigenvalue weighted by Crippen LogP contribution is -2.26. The van der Waals surface area contributed by atoms with Crippen LogP contribution in [-0.4, -0.2) is 46.2 Å². The third-order valence-corrected chi connectivity index (χ3v) is 5.59. The number of nitrogens with one attached hydrogen (secondary N) is 1. The van der Waals surface area contributed by atoms with E-state index < -0.39 is 10.0 Å². The van der Waals surface area contributed by atoms with E-state index in [1.807, 2.05) is 42.5 Å². The summed E-state index contributed by atoms with van der Waals surface area (Å²) in [6.45, 7) is 0.834. The Bertz CT molecular complexity index is 1140. The van der Waals surface area contributed by atoms with Gasteiger partial charge in [0, 0.05) is 25.7 Å². The Hall–Kier alpha value is -2.90. The van der Waals surface area contributed by atoms with E-state index >= 15 is 0 Å². The molecular formula is C23H26N2O4S. The molecule has 0 aromatic heterocycles. The molecule has 0 aliphatic rings. The minimum atomic E-state index is -3.19. The summed E-state index contributed by atoms with van der Waals surface area (Å²) in [5, 5.41) is 2.19. The van der Waals surface area contributed by atoms with Crippen LogP contribution >= 0.6 is 0 Å². The van der Waals surface area contributed by atoms with Crippen LogP contribution in [0.25, 0.3) is 10.8 Å². The number of carbonyl (C=O) groups is 1. The second kappa shape index (κ2) is 9.28. The Morgan fingerprint density at radius 2 is 1.60 bits per heavy atom. The first-order valence-corrected chi connectivity index (χ1v) is 11.5. The molecule has 0 saturated carbocycles. The zero-order valence-corrected chi connectivity index (χ0v) is 18.2. The highest BCUT2D eigenvalue weighted by Crippen LogP contribution is 2.22. The molecule has 0 saturated heterocycles. The van der Waals surface area contributed by atoms with Crippen molar-refractivity contribution in [3.05, 3.63) is 77.4 Å². The van der Waals surface area contributed by atoms with Crippen molar-refractivity contribution >= 4 is 26.7 Å². The maximum absolute atomic E-state index is 12.8. The van der Waals surface area contributed by atoms with E-state index in [2.05, 4.69) is 10.8 Å². The molecule has 0 atom stereocenters. The SMILES string of the molecule is COc1ccc2cc(CN(C)C(=O)c3ccc(CCNS(C)(=O)=O)cc3)ccc2c1. The van der Waals surface area contributed by atoms with Gasteiger partial charge in [-0.05, 0) is 58.7 Å². The number of benzene rings is 3. The van der Waals surface area contributed by atoms with Crippen LogP contribution in [0.3, 0.4) is 0 Å². The molecule has 30 heavy (non-hydrogen) atoms. The third-order valence-electron chi connectivity index (χ3n) is 4.86. The number of amides is 1. The fourth-order valence-electron chi connectivity index (χ4n) is 3.26. The summed E-state index contributed by atoms with van der Waals surface area (Å²) in [7, 11) is 0.239. The lowest BCUT2D eigenvalue weighted by atomic mass is 10.1. The van der Waals surface area contributed by atoms with Crippen LogP contribution < -0.4 is 9.46 Å². The van der Waals surface area contributed by atoms with Crippen molar-refractivity contribution in [2.24, 2.45) is 0 Å². The number of ether oxygens (including phenoxy) is 1. The Balaban J connectivity index is 1.63. The van der Waals surface area contributed by atoms with Gasteiger partial charge < -0.3 is 9.64 Å². The summed E-state index contributed by atoms with van der Waals surface area (Å²) >= 11 is 0. The number of fused-ring (bicyclic) bond motifs is 1. The van der Waals surface area contributed by atoms with Gasteiger partial charge in [-0.15, -0.1) is 0 Å². The van der Waals surface area contributed by atoms with E-state index in [0.717, 1.165) is 33.9 Å². The van der Waals surface area contributed by atoms with Crippen molar-refractivity contribution in [1.82, 2.24) is 9.62 Å². The molecule has 158 valence electrons. The molecule has 0 fully saturated rings. The molecule has 3 aromatic rings. The highest BCUT2D eigenvalue weighted by molar-refractivity contribution is 7.88. The first kappa shape index (κ1) is 21.8. The van der Waals surface area contributed by atoms with Gasteiger partial charge in [-0.1, -0.05) is 30.3 Å². The Labute approximate surface area is 177 Å². The van der Waals surface area contributed by atoms with E-state index in [0.29, 0.717) is 25.1 Å². The van der Waals surface area contributed by atoms with E-state index in [1.165, 1.54) is 0 Å². The number of hydrogen-bond acceptors (Lipinski definition) is 4. The zero-order chi connectivity index (χ0) is 21.7. The number of nitrogens with zero attached hydrogens (tertiary/aromatic N) is 1. The van der Waals surface area contributed by atoms with E-state index in [4.69, 9.17) is 4.74 Å². The molecule has 0 radical (unpaired) electrons. The van der Waals surface area contributed by atoms with Crippen molar-refractivity contribution in [2.45, 2.75) is 13.0 Å². The molecule has 1 amide bonds. The van der Waals surface area contributed by atoms with Crippen LogP contribution in [0, 0.1) is 0 Å². The monoisotopic (exact) mass is 426 g/mol. The van der Waals surface area contributed by atoms with E-state index in [-0.39, 0.29) is 5.91 Å². The summed E-state index contributed by atoms with van der Waals surface area (Å²) in [4.78, 5) is 14.5. The summed E-state index contributed by atoms with van der Waals surface area (Å²) in [5.41, 5.74) is 2.62. The zero-order valence-electron chi connectivity index (χ0n) is 17.4. The first-order chi connectivity index (χ1) is 14.2. The predicted molar refractivity (Wildman–Crippen MR) is 119 cm³/mol. The maximum atomic E-state index is 12.8. The van der Waals surface area contributed by atoms with Gasteiger partial charge in [0.2, 0.25) is 10.0 Å². The molecule has 0 spiro atoms. The second-order valence-electron chi connectivity index (χ2n) is 7.32. The van der Waals surface area contributed by atoms with Crippen LogP contribution in [0.2, 0.25) is 0 Å². The summed E-state index contributed by atoms with van der Waals surface area (Å²) < 4.78 is 30.0. The smallest absolute Gasteiger partial charge is 0.253 e. The van der Waals surface area contributed by atoms with Crippen LogP contribution in [0.5, 0.6) is 5.75 Å². The Morgan fingerprint density at radius 1 is 0.967 bits per heavy atom. The average Bonchev–Trinajstić information content (AvgIpc) is 2.72. The van der Waals surface area contributed by atoms with Gasteiger partial charge in [0.05, 0.1) is 13.4 Å². The molecule has 3 aromatic carbocycles. The maximum Gasteiger partial charge on any atom is 0.253 e. The van der Waals surface area contributed by atoms with Gasteiger partial charge in [0.1, 0.15) is 5.75 Å². The van der Waals surface area contributed by atoms with E-state index in [9.17, 15) is 13.2 Å². The lowest BCUT2D eigenvalue weighted by Gasteiger charge is -2.18. The number of rotatable bonds is 8. The van der Waals surface area contributed by atoms with Gasteiger partial charge >= 0.3 is 0 Å². The normalized spacial score (nSPS) is 11.4. The fraction of sp³-hybridized carbons (Fsp3) is 0.261. The molecule has 0 aliphatic carbocycles. The number of methoxy groups -OCH3 is 1. The van der Waals surface area contributed by atoms with Crippen molar-refractivity contribution in [3.63, 3.8) is 0 Å². The molecule has 0 unspecified atom stereocenters. The topological polar surface area (TPSA) is 75.7 Å². The second-order valence-corrected chi connectivity index (χ2v) is 9.16. The molecule has 0 heterocycles. The van der Waals surface area contributed by atoms with Gasteiger partial charge in [-0.2, -0.15) is 0 Å². The highest BCUT2D eigenvalue weighted by atomic mass is 32.2. The summed E-state index contributed by atoms with van der Waals surface area (Å²) in [5.74, 6) is 0.753. The fourth-order valence-corrected chi connectivity index (χ4v) is 3.73. The van der Waals surface area contributed by atoms with Crippen molar-refractivity contribution in [3.8, 4) is 5.75 Å². The minimum Gasteiger partial charge on any atom is -0.497 e. The minimum absolute atomic E-state index is 0.0642. The van der Waals surface area contributed by atoms with Crippen molar-refractivity contribution < 1.29 is 17.9 Å². The largest absolute Gasteiger partial charge is 0.497 e. The molecule has 6 nitrogen and oxygen atoms in total. The van der Waals surface area contributed by atoms with Crippen LogP contribution in [0.15, 0.2) is 60.7 Å². The predicted octanol–water partition coefficient (Wildman–Crippen LogP) is 3.21. The van der Waals surface area contributed by atoms with Gasteiger partial charge in [-0.25, -0.2) is 13.1 Å². The molecule has 1 N–H and O–H groups in total. The number of hydrogen-bond donors (Lipinski definition) is 1. The molecule has 7 heteroatoms. The summed E-state index contributed by atoms with van der Waals surface area (Å²) in [6, 6.07) is 19.3. The van der Waals surface area contributed by atoms with Crippen molar-refractivity contribution in [2.75, 3.05) is 27.0 Å². The van der Waals surface area contributed by atoms with Gasteiger partial charge in [0.15, 0.2) is 0 Å². The number of sulfonamides is 1. The quantitative estimate of drug-likeness (QED) is 0.600.